The predicted octanol–water partition coefficient (Wildman–Crippen LogP) is 3.75. The number of anilines is 3. The van der Waals surface area contributed by atoms with Gasteiger partial charge in [0.25, 0.3) is 0 Å². The molecule has 1 amide bonds. The van der Waals surface area contributed by atoms with E-state index in [0.29, 0.717) is 6.54 Å². The van der Waals surface area contributed by atoms with Crippen molar-refractivity contribution in [3.8, 4) is 0 Å². The minimum atomic E-state index is 0.125. The van der Waals surface area contributed by atoms with Gasteiger partial charge < -0.3 is 15.1 Å². The first-order valence-corrected chi connectivity index (χ1v) is 8.62. The first-order chi connectivity index (χ1) is 11.7. The summed E-state index contributed by atoms with van der Waals surface area (Å²) in [5, 5.41) is 3.45. The minimum absolute atomic E-state index is 0.125. The Bertz CT molecular complexity index is 684. The number of amides is 1. The van der Waals surface area contributed by atoms with E-state index < -0.39 is 0 Å². The molecule has 1 aliphatic heterocycles. The van der Waals surface area contributed by atoms with Crippen LogP contribution in [0.2, 0.25) is 0 Å². The monoisotopic (exact) mass is 323 g/mol. The van der Waals surface area contributed by atoms with Gasteiger partial charge in [0, 0.05) is 24.8 Å². The minimum Gasteiger partial charge on any atom is -0.383 e. The van der Waals surface area contributed by atoms with E-state index in [0.717, 1.165) is 36.6 Å². The first-order valence-electron chi connectivity index (χ1n) is 8.62. The number of benzene rings is 2. The maximum Gasteiger partial charge on any atom is 0.246 e. The van der Waals surface area contributed by atoms with Crippen LogP contribution >= 0.6 is 0 Å². The average Bonchev–Trinajstić information content (AvgIpc) is 2.78. The molecular formula is C20H25N3O. The van der Waals surface area contributed by atoms with Gasteiger partial charge in [-0.3, -0.25) is 4.79 Å². The summed E-state index contributed by atoms with van der Waals surface area (Å²) in [6, 6.07) is 18.3. The third kappa shape index (κ3) is 3.53. The Balaban J connectivity index is 1.83. The maximum absolute atomic E-state index is 13.0. The summed E-state index contributed by atoms with van der Waals surface area (Å²) in [4.78, 5) is 17.1. The molecule has 0 bridgehead atoms. The molecule has 2 aromatic rings. The molecule has 0 unspecified atom stereocenters. The molecule has 0 radical (unpaired) electrons. The van der Waals surface area contributed by atoms with Gasteiger partial charge in [0.1, 0.15) is 0 Å². The van der Waals surface area contributed by atoms with Gasteiger partial charge >= 0.3 is 0 Å². The van der Waals surface area contributed by atoms with Gasteiger partial charge in [-0.15, -0.1) is 0 Å². The predicted molar refractivity (Wildman–Crippen MR) is 101 cm³/mol. The van der Waals surface area contributed by atoms with Crippen LogP contribution in [0.15, 0.2) is 54.6 Å². The average molecular weight is 323 g/mol. The maximum atomic E-state index is 13.0. The largest absolute Gasteiger partial charge is 0.383 e. The van der Waals surface area contributed by atoms with Gasteiger partial charge in [-0.25, -0.2) is 0 Å². The van der Waals surface area contributed by atoms with E-state index in [2.05, 4.69) is 36.2 Å². The van der Waals surface area contributed by atoms with E-state index in [4.69, 9.17) is 0 Å². The Morgan fingerprint density at radius 3 is 2.58 bits per heavy atom. The molecule has 4 heteroatoms. The van der Waals surface area contributed by atoms with Crippen molar-refractivity contribution >= 4 is 23.0 Å². The van der Waals surface area contributed by atoms with Crippen LogP contribution in [0.4, 0.5) is 17.1 Å². The smallest absolute Gasteiger partial charge is 0.246 e. The highest BCUT2D eigenvalue weighted by molar-refractivity contribution is 5.97. The molecular weight excluding hydrogens is 298 g/mol. The molecule has 3 rings (SSSR count). The fraction of sp³-hybridized carbons (Fsp3) is 0.350. The van der Waals surface area contributed by atoms with E-state index >= 15 is 0 Å². The van der Waals surface area contributed by atoms with Crippen molar-refractivity contribution in [3.05, 3.63) is 54.6 Å². The highest BCUT2D eigenvalue weighted by Gasteiger charge is 2.23. The second-order valence-electron chi connectivity index (χ2n) is 6.41. The Kier molecular flexibility index (Phi) is 5.04. The summed E-state index contributed by atoms with van der Waals surface area (Å²) in [7, 11) is 0. The number of carbonyl (C=O) groups excluding carboxylic acids is 1. The van der Waals surface area contributed by atoms with Crippen molar-refractivity contribution in [2.24, 2.45) is 0 Å². The van der Waals surface area contributed by atoms with Crippen molar-refractivity contribution in [1.29, 1.82) is 0 Å². The molecule has 1 heterocycles. The fourth-order valence-corrected chi connectivity index (χ4v) is 3.23. The summed E-state index contributed by atoms with van der Waals surface area (Å²) >= 11 is 0. The topological polar surface area (TPSA) is 35.6 Å². The van der Waals surface area contributed by atoms with Crippen LogP contribution in [0.1, 0.15) is 20.3 Å². The molecule has 0 saturated heterocycles. The van der Waals surface area contributed by atoms with Gasteiger partial charge in [-0.1, -0.05) is 30.3 Å². The summed E-state index contributed by atoms with van der Waals surface area (Å²) in [5.74, 6) is 0.132. The van der Waals surface area contributed by atoms with Crippen molar-refractivity contribution in [2.75, 3.05) is 34.8 Å². The zero-order valence-electron chi connectivity index (χ0n) is 14.4. The number of rotatable bonds is 4. The fourth-order valence-electron chi connectivity index (χ4n) is 3.23. The highest BCUT2D eigenvalue weighted by Crippen LogP contribution is 2.28. The van der Waals surface area contributed by atoms with Crippen LogP contribution in [-0.2, 0) is 4.79 Å². The van der Waals surface area contributed by atoms with Crippen molar-refractivity contribution in [2.45, 2.75) is 26.3 Å². The van der Waals surface area contributed by atoms with Crippen LogP contribution < -0.4 is 15.1 Å². The normalized spacial score (nSPS) is 13.9. The molecule has 1 N–H and O–H groups in total. The van der Waals surface area contributed by atoms with E-state index in [9.17, 15) is 4.79 Å². The summed E-state index contributed by atoms with van der Waals surface area (Å²) in [6.07, 6.45) is 1.02. The number of carbonyl (C=O) groups is 1. The van der Waals surface area contributed by atoms with E-state index in [1.54, 1.807) is 0 Å². The molecule has 1 aliphatic rings. The van der Waals surface area contributed by atoms with Crippen LogP contribution in [0.3, 0.4) is 0 Å². The van der Waals surface area contributed by atoms with E-state index in [1.165, 1.54) is 0 Å². The standard InChI is InChI=1S/C20H25N3O/c1-16(2)23(17-9-4-3-5-10-17)20(24)15-22-14-8-13-21-18-11-6-7-12-19(18)22/h3-7,9-12,16,21H,8,13-15H2,1-2H3. The number of para-hydroxylation sites is 3. The molecule has 0 saturated carbocycles. The first kappa shape index (κ1) is 16.4. The SMILES string of the molecule is CC(C)N(C(=O)CN1CCCNc2ccccc21)c1ccccc1. The molecule has 4 nitrogen and oxygen atoms in total. The Morgan fingerprint density at radius 2 is 1.83 bits per heavy atom. The zero-order chi connectivity index (χ0) is 16.9. The summed E-state index contributed by atoms with van der Waals surface area (Å²) in [5.41, 5.74) is 3.18. The zero-order valence-corrected chi connectivity index (χ0v) is 14.4. The third-order valence-corrected chi connectivity index (χ3v) is 4.31. The molecule has 0 atom stereocenters. The van der Waals surface area contributed by atoms with Crippen molar-refractivity contribution in [3.63, 3.8) is 0 Å². The molecule has 126 valence electrons. The molecule has 0 fully saturated rings. The molecule has 24 heavy (non-hydrogen) atoms. The third-order valence-electron chi connectivity index (χ3n) is 4.31. The Hall–Kier alpha value is -2.49. The van der Waals surface area contributed by atoms with E-state index in [-0.39, 0.29) is 11.9 Å². The van der Waals surface area contributed by atoms with E-state index in [1.807, 2.05) is 47.4 Å². The van der Waals surface area contributed by atoms with Crippen LogP contribution in [0.5, 0.6) is 0 Å². The summed E-state index contributed by atoms with van der Waals surface area (Å²) < 4.78 is 0. The Labute approximate surface area is 144 Å². The lowest BCUT2D eigenvalue weighted by Gasteiger charge is -2.31. The van der Waals surface area contributed by atoms with Crippen LogP contribution in [0, 0.1) is 0 Å². The van der Waals surface area contributed by atoms with Gasteiger partial charge in [0.2, 0.25) is 5.91 Å². The lowest BCUT2D eigenvalue weighted by Crippen LogP contribution is -2.44. The Morgan fingerprint density at radius 1 is 1.12 bits per heavy atom. The second kappa shape index (κ2) is 7.39. The molecule has 0 aliphatic carbocycles. The molecule has 0 spiro atoms. The lowest BCUT2D eigenvalue weighted by molar-refractivity contribution is -0.117. The number of nitrogens with one attached hydrogen (secondary N) is 1. The number of hydrogen-bond donors (Lipinski definition) is 1. The van der Waals surface area contributed by atoms with Gasteiger partial charge in [-0.05, 0) is 44.5 Å². The van der Waals surface area contributed by atoms with Crippen molar-refractivity contribution < 1.29 is 4.79 Å². The van der Waals surface area contributed by atoms with Gasteiger partial charge in [0.05, 0.1) is 17.9 Å². The number of nitrogens with zero attached hydrogens (tertiary/aromatic N) is 2. The van der Waals surface area contributed by atoms with Gasteiger partial charge in [-0.2, -0.15) is 0 Å². The second-order valence-corrected chi connectivity index (χ2v) is 6.41. The number of hydrogen-bond acceptors (Lipinski definition) is 3. The highest BCUT2D eigenvalue weighted by atomic mass is 16.2. The quantitative estimate of drug-likeness (QED) is 0.931. The van der Waals surface area contributed by atoms with Crippen molar-refractivity contribution in [1.82, 2.24) is 0 Å². The molecule has 0 aromatic heterocycles. The van der Waals surface area contributed by atoms with Gasteiger partial charge in [0.15, 0.2) is 0 Å². The molecule has 2 aromatic carbocycles. The van der Waals surface area contributed by atoms with Crippen LogP contribution in [-0.4, -0.2) is 31.6 Å². The summed E-state index contributed by atoms with van der Waals surface area (Å²) in [6.45, 7) is 6.34. The lowest BCUT2D eigenvalue weighted by atomic mass is 10.2. The van der Waals surface area contributed by atoms with Crippen LogP contribution in [0.25, 0.3) is 0 Å². The number of fused-ring (bicyclic) bond motifs is 1.